The van der Waals surface area contributed by atoms with Gasteiger partial charge in [-0.3, -0.25) is 0 Å². The van der Waals surface area contributed by atoms with Gasteiger partial charge in [0.15, 0.2) is 0 Å². The predicted octanol–water partition coefficient (Wildman–Crippen LogP) is 9.85. The Bertz CT molecular complexity index is 1120. The second kappa shape index (κ2) is 21.5. The van der Waals surface area contributed by atoms with Crippen molar-refractivity contribution in [3.8, 4) is 22.6 Å². The average Bonchev–Trinajstić information content (AvgIpc) is 3.09. The van der Waals surface area contributed by atoms with E-state index in [4.69, 9.17) is 18.9 Å². The number of carbonyl (C=O) groups excluding carboxylic acids is 2. The lowest BCUT2D eigenvalue weighted by atomic mass is 10.1. The van der Waals surface area contributed by atoms with Crippen molar-refractivity contribution in [3.63, 3.8) is 0 Å². The topological polar surface area (TPSA) is 71.1 Å². The van der Waals surface area contributed by atoms with E-state index < -0.39 is 28.1 Å². The minimum absolute atomic E-state index is 0.280. The molecule has 0 heterocycles. The van der Waals surface area contributed by atoms with E-state index in [1.807, 2.05) is 91.7 Å². The van der Waals surface area contributed by atoms with Gasteiger partial charge in [-0.2, -0.15) is 0 Å². The fraction of sp³-hybridized carbons (Fsp3) is 0.471. The van der Waals surface area contributed by atoms with Crippen LogP contribution in [0.3, 0.4) is 0 Å². The van der Waals surface area contributed by atoms with Gasteiger partial charge >= 0.3 is 11.9 Å². The molecule has 0 aliphatic carbocycles. The number of benzene rings is 2. The van der Waals surface area contributed by atoms with E-state index in [9.17, 15) is 9.59 Å². The Balaban J connectivity index is 2.07. The lowest BCUT2D eigenvalue weighted by Gasteiger charge is -2.38. The van der Waals surface area contributed by atoms with Crippen LogP contribution in [0.15, 0.2) is 73.8 Å². The van der Waals surface area contributed by atoms with Crippen LogP contribution >= 0.6 is 59.4 Å². The van der Waals surface area contributed by atoms with Gasteiger partial charge in [-0.15, -0.1) is 59.4 Å². The molecule has 2 aromatic rings. The second-order valence-electron chi connectivity index (χ2n) is 10.1. The predicted molar refractivity (Wildman–Crippen MR) is 212 cm³/mol. The van der Waals surface area contributed by atoms with E-state index in [2.05, 4.69) is 52.0 Å². The highest BCUT2D eigenvalue weighted by atomic mass is 33.6. The molecule has 2 rings (SSSR count). The Morgan fingerprint density at radius 3 is 1.24 bits per heavy atom. The number of esters is 2. The summed E-state index contributed by atoms with van der Waals surface area (Å²) in [5.74, 6) is 4.29. The molecule has 0 spiro atoms. The minimum Gasteiger partial charge on any atom is -0.490 e. The summed E-state index contributed by atoms with van der Waals surface area (Å²) in [7, 11) is 5.42. The van der Waals surface area contributed by atoms with Crippen molar-refractivity contribution < 1.29 is 28.5 Å². The zero-order valence-corrected chi connectivity index (χ0v) is 32.8. The molecule has 258 valence electrons. The van der Waals surface area contributed by atoms with E-state index in [-0.39, 0.29) is 25.4 Å². The maximum absolute atomic E-state index is 12.1. The Morgan fingerprint density at radius 2 is 0.978 bits per heavy atom. The van der Waals surface area contributed by atoms with Crippen LogP contribution in [0.25, 0.3) is 11.1 Å². The fourth-order valence-electron chi connectivity index (χ4n) is 4.62. The first-order chi connectivity index (χ1) is 22.1. The van der Waals surface area contributed by atoms with E-state index in [0.29, 0.717) is 11.5 Å². The van der Waals surface area contributed by atoms with Crippen LogP contribution in [0.2, 0.25) is 0 Å². The smallest absolute Gasteiger partial charge is 0.330 e. The van der Waals surface area contributed by atoms with Crippen LogP contribution in [0.1, 0.15) is 26.7 Å². The SMILES string of the molecule is C=CC(=O)OC(COc1ccc(-c2ccc(OCC(CS(CCC)(SC)SC)OC(=O)C=C)cc2)cc1)CS(CCC)(SC)SC. The number of hydrogen-bond acceptors (Lipinski definition) is 10. The largest absolute Gasteiger partial charge is 0.490 e. The van der Waals surface area contributed by atoms with Gasteiger partial charge in [0.05, 0.1) is 0 Å². The normalized spacial score (nSPS) is 13.6. The highest BCUT2D eigenvalue weighted by Gasteiger charge is 2.30. The van der Waals surface area contributed by atoms with Crippen molar-refractivity contribution in [2.75, 3.05) is 61.2 Å². The van der Waals surface area contributed by atoms with Crippen LogP contribution in [0.5, 0.6) is 11.5 Å². The van der Waals surface area contributed by atoms with Crippen molar-refractivity contribution in [3.05, 3.63) is 73.8 Å². The summed E-state index contributed by atoms with van der Waals surface area (Å²) in [4.78, 5) is 24.2. The Morgan fingerprint density at radius 1 is 0.652 bits per heavy atom. The molecule has 2 aromatic carbocycles. The van der Waals surface area contributed by atoms with Gasteiger partial charge in [-0.05, 0) is 84.8 Å². The van der Waals surface area contributed by atoms with Crippen molar-refractivity contribution in [2.45, 2.75) is 38.9 Å². The van der Waals surface area contributed by atoms with E-state index in [0.717, 1.165) is 47.0 Å². The number of carbonyl (C=O) groups is 2. The minimum atomic E-state index is -1.05. The molecule has 0 radical (unpaired) electrons. The first-order valence-corrected chi connectivity index (χ1v) is 26.0. The third kappa shape index (κ3) is 13.2. The van der Waals surface area contributed by atoms with E-state index >= 15 is 0 Å². The first kappa shape index (κ1) is 40.7. The molecule has 12 heteroatoms. The summed E-state index contributed by atoms with van der Waals surface area (Å²) in [6, 6.07) is 15.8. The van der Waals surface area contributed by atoms with Crippen LogP contribution < -0.4 is 9.47 Å². The van der Waals surface area contributed by atoms with Gasteiger partial charge in [-0.1, -0.05) is 51.3 Å². The molecule has 2 atom stereocenters. The van der Waals surface area contributed by atoms with Crippen LogP contribution in [0.4, 0.5) is 0 Å². The molecular weight excluding hydrogens is 697 g/mol. The van der Waals surface area contributed by atoms with Crippen molar-refractivity contribution in [2.24, 2.45) is 0 Å². The molecular formula is C34H50O6S6. The van der Waals surface area contributed by atoms with E-state index in [1.54, 1.807) is 0 Å². The molecule has 0 N–H and O–H groups in total. The maximum atomic E-state index is 12.1. The Kier molecular flexibility index (Phi) is 19.1. The van der Waals surface area contributed by atoms with Crippen molar-refractivity contribution in [1.82, 2.24) is 0 Å². The van der Waals surface area contributed by atoms with Crippen molar-refractivity contribution >= 4 is 71.3 Å². The van der Waals surface area contributed by atoms with Gasteiger partial charge in [0, 0.05) is 23.7 Å². The van der Waals surface area contributed by atoms with Crippen LogP contribution in [-0.2, 0) is 19.1 Å². The quantitative estimate of drug-likeness (QED) is 0.0624. The van der Waals surface area contributed by atoms with Crippen LogP contribution in [0, 0.1) is 0 Å². The highest BCUT2D eigenvalue weighted by Crippen LogP contribution is 2.69. The third-order valence-corrected chi connectivity index (χ3v) is 29.0. The lowest BCUT2D eigenvalue weighted by molar-refractivity contribution is -0.144. The van der Waals surface area contributed by atoms with Gasteiger partial charge < -0.3 is 18.9 Å². The van der Waals surface area contributed by atoms with Crippen LogP contribution in [-0.4, -0.2) is 85.4 Å². The number of ether oxygens (including phenoxy) is 4. The molecule has 0 aromatic heterocycles. The Labute approximate surface area is 294 Å². The molecule has 0 saturated carbocycles. The van der Waals surface area contributed by atoms with E-state index in [1.165, 1.54) is 12.2 Å². The second-order valence-corrected chi connectivity index (χ2v) is 28.8. The van der Waals surface area contributed by atoms with Crippen molar-refractivity contribution in [1.29, 1.82) is 0 Å². The summed E-state index contributed by atoms with van der Waals surface area (Å²) < 4.78 is 23.6. The standard InChI is InChI=1S/C34H50O6S6/c1-9-21-45(41-5,42-6)25-31(39-33(35)11-3)23-37-29-17-13-27(14-18-29)28-15-19-30(20-16-28)38-24-32(40-34(36)12-4)26-46(43-7,44-8)22-10-2/h11-20,31-32H,3-4,9-10,21-26H2,1-2,5-8H3. The fourth-order valence-corrected chi connectivity index (χ4v) is 19.9. The van der Waals surface area contributed by atoms with Gasteiger partial charge in [0.25, 0.3) is 0 Å². The molecule has 0 fully saturated rings. The zero-order valence-electron chi connectivity index (χ0n) is 27.9. The first-order valence-electron chi connectivity index (χ1n) is 15.1. The molecule has 0 saturated heterocycles. The van der Waals surface area contributed by atoms with Gasteiger partial charge in [0.2, 0.25) is 0 Å². The summed E-state index contributed by atoms with van der Waals surface area (Å²) >= 11 is 0. The van der Waals surface area contributed by atoms with Gasteiger partial charge in [0.1, 0.15) is 36.9 Å². The lowest BCUT2D eigenvalue weighted by Crippen LogP contribution is -2.30. The maximum Gasteiger partial charge on any atom is 0.330 e. The summed E-state index contributed by atoms with van der Waals surface area (Å²) in [5.41, 5.74) is 2.07. The molecule has 0 bridgehead atoms. The number of hydrogen-bond donors (Lipinski definition) is 0. The zero-order chi connectivity index (χ0) is 34.0. The molecule has 6 nitrogen and oxygen atoms in total. The molecule has 0 aliphatic heterocycles. The summed E-state index contributed by atoms with van der Waals surface area (Å²) in [6.45, 7) is 12.1. The molecule has 2 unspecified atom stereocenters. The monoisotopic (exact) mass is 746 g/mol. The molecule has 46 heavy (non-hydrogen) atoms. The summed E-state index contributed by atoms with van der Waals surface area (Å²) in [5, 5.41) is 0. The average molecular weight is 747 g/mol. The highest BCUT2D eigenvalue weighted by molar-refractivity contribution is 9.25. The summed E-state index contributed by atoms with van der Waals surface area (Å²) in [6.07, 6.45) is 12.4. The van der Waals surface area contributed by atoms with Gasteiger partial charge in [-0.25, -0.2) is 9.59 Å². The number of rotatable bonds is 23. The molecule has 0 amide bonds. The Hall–Kier alpha value is -1.44. The molecule has 0 aliphatic rings. The third-order valence-electron chi connectivity index (χ3n) is 6.94.